The lowest BCUT2D eigenvalue weighted by Crippen LogP contribution is -2.31. The fourth-order valence-electron chi connectivity index (χ4n) is 1.22. The van der Waals surface area contributed by atoms with Gasteiger partial charge in [-0.2, -0.15) is 0 Å². The van der Waals surface area contributed by atoms with Gasteiger partial charge in [-0.1, -0.05) is 0 Å². The fraction of sp³-hybridized carbons (Fsp3) is 0.857. The first-order chi connectivity index (χ1) is 4.74. The number of nitrogens with one attached hydrogen (secondary N) is 2. The number of carbonyl (C=O) groups is 1. The molecule has 1 amide bonds. The highest BCUT2D eigenvalue weighted by molar-refractivity contribution is 5.78. The van der Waals surface area contributed by atoms with Crippen LogP contribution in [0.15, 0.2) is 0 Å². The first kappa shape index (κ1) is 7.54. The summed E-state index contributed by atoms with van der Waals surface area (Å²) in [6.07, 6.45) is 0.683. The number of amides is 1. The Balaban J connectivity index is 2.36. The third kappa shape index (κ3) is 1.48. The maximum absolute atomic E-state index is 10.7. The summed E-state index contributed by atoms with van der Waals surface area (Å²) in [5, 5.41) is 5.94. The van der Waals surface area contributed by atoms with E-state index in [-0.39, 0.29) is 5.91 Å². The summed E-state index contributed by atoms with van der Waals surface area (Å²) in [6, 6.07) is 0.443. The predicted octanol–water partition coefficient (Wildman–Crippen LogP) is -0.270. The average molecular weight is 142 g/mol. The maximum Gasteiger partial charge on any atom is 0.220 e. The molecule has 3 heteroatoms. The van der Waals surface area contributed by atoms with Gasteiger partial charge in [0.05, 0.1) is 0 Å². The summed E-state index contributed by atoms with van der Waals surface area (Å²) in [5.74, 6) is 0.671. The van der Waals surface area contributed by atoms with Crippen LogP contribution in [0.4, 0.5) is 0 Å². The molecule has 0 spiro atoms. The minimum Gasteiger partial charge on any atom is -0.356 e. The van der Waals surface area contributed by atoms with Crippen LogP contribution in [0.5, 0.6) is 0 Å². The second-order valence-electron chi connectivity index (χ2n) is 2.85. The molecule has 1 saturated heterocycles. The van der Waals surface area contributed by atoms with E-state index in [1.54, 1.807) is 0 Å². The highest BCUT2D eigenvalue weighted by atomic mass is 16.1. The molecule has 0 radical (unpaired) electrons. The van der Waals surface area contributed by atoms with Crippen molar-refractivity contribution in [2.75, 3.05) is 13.6 Å². The Kier molecular flexibility index (Phi) is 2.27. The lowest BCUT2D eigenvalue weighted by Gasteiger charge is -2.15. The van der Waals surface area contributed by atoms with Crippen molar-refractivity contribution in [3.8, 4) is 0 Å². The van der Waals surface area contributed by atoms with Crippen LogP contribution in [-0.2, 0) is 4.79 Å². The average Bonchev–Trinajstić information content (AvgIpc) is 2.34. The molecule has 1 fully saturated rings. The molecule has 58 valence electrons. The quantitative estimate of drug-likeness (QED) is 0.557. The number of rotatable bonds is 2. The van der Waals surface area contributed by atoms with Gasteiger partial charge in [-0.15, -0.1) is 0 Å². The molecule has 1 aliphatic rings. The van der Waals surface area contributed by atoms with Crippen molar-refractivity contribution in [2.45, 2.75) is 19.4 Å². The first-order valence-electron chi connectivity index (χ1n) is 3.68. The molecule has 0 aliphatic carbocycles. The largest absolute Gasteiger partial charge is 0.356 e. The van der Waals surface area contributed by atoms with E-state index in [9.17, 15) is 4.79 Å². The lowest BCUT2D eigenvalue weighted by molar-refractivity contribution is -0.119. The summed E-state index contributed by atoms with van der Waals surface area (Å²) in [6.45, 7) is 2.94. The molecule has 0 aromatic rings. The third-order valence-electron chi connectivity index (χ3n) is 2.17. The Morgan fingerprint density at radius 3 is 2.90 bits per heavy atom. The SMILES string of the molecule is CN[C@@H](C)[C@H]1CNC(=O)C1. The molecule has 2 N–H and O–H groups in total. The first-order valence-corrected chi connectivity index (χ1v) is 3.68. The van der Waals surface area contributed by atoms with E-state index in [0.29, 0.717) is 18.4 Å². The third-order valence-corrected chi connectivity index (χ3v) is 2.17. The maximum atomic E-state index is 10.7. The molecule has 3 nitrogen and oxygen atoms in total. The van der Waals surface area contributed by atoms with Crippen molar-refractivity contribution in [2.24, 2.45) is 5.92 Å². The van der Waals surface area contributed by atoms with Gasteiger partial charge < -0.3 is 10.6 Å². The Morgan fingerprint density at radius 2 is 2.50 bits per heavy atom. The molecule has 0 saturated carbocycles. The van der Waals surface area contributed by atoms with Crippen LogP contribution in [0.25, 0.3) is 0 Å². The second-order valence-corrected chi connectivity index (χ2v) is 2.85. The van der Waals surface area contributed by atoms with Crippen LogP contribution >= 0.6 is 0 Å². The number of hydrogen-bond acceptors (Lipinski definition) is 2. The van der Waals surface area contributed by atoms with Crippen LogP contribution in [0.1, 0.15) is 13.3 Å². The van der Waals surface area contributed by atoms with Gasteiger partial charge >= 0.3 is 0 Å². The smallest absolute Gasteiger partial charge is 0.220 e. The molecule has 10 heavy (non-hydrogen) atoms. The van der Waals surface area contributed by atoms with Crippen molar-refractivity contribution >= 4 is 5.91 Å². The van der Waals surface area contributed by atoms with E-state index < -0.39 is 0 Å². The zero-order valence-corrected chi connectivity index (χ0v) is 6.48. The minimum absolute atomic E-state index is 0.187. The van der Waals surface area contributed by atoms with Crippen LogP contribution < -0.4 is 10.6 Å². The van der Waals surface area contributed by atoms with Crippen molar-refractivity contribution < 1.29 is 4.79 Å². The van der Waals surface area contributed by atoms with E-state index in [4.69, 9.17) is 0 Å². The summed E-state index contributed by atoms with van der Waals surface area (Å²) in [5.41, 5.74) is 0. The highest BCUT2D eigenvalue weighted by Crippen LogP contribution is 2.12. The zero-order chi connectivity index (χ0) is 7.56. The van der Waals surface area contributed by atoms with Crippen LogP contribution in [0, 0.1) is 5.92 Å². The molecule has 1 aliphatic heterocycles. The molecular formula is C7H14N2O. The highest BCUT2D eigenvalue weighted by Gasteiger charge is 2.25. The van der Waals surface area contributed by atoms with Gasteiger partial charge in [-0.25, -0.2) is 0 Å². The van der Waals surface area contributed by atoms with Gasteiger partial charge in [-0.3, -0.25) is 4.79 Å². The summed E-state index contributed by atoms with van der Waals surface area (Å²) < 4.78 is 0. The normalized spacial score (nSPS) is 28.2. The van der Waals surface area contributed by atoms with Crippen molar-refractivity contribution in [1.82, 2.24) is 10.6 Å². The van der Waals surface area contributed by atoms with Crippen LogP contribution in [0.3, 0.4) is 0 Å². The van der Waals surface area contributed by atoms with E-state index in [1.807, 2.05) is 7.05 Å². The van der Waals surface area contributed by atoms with E-state index in [2.05, 4.69) is 17.6 Å². The molecular weight excluding hydrogens is 128 g/mol. The summed E-state index contributed by atoms with van der Waals surface area (Å²) in [7, 11) is 1.92. The van der Waals surface area contributed by atoms with Crippen molar-refractivity contribution in [1.29, 1.82) is 0 Å². The van der Waals surface area contributed by atoms with Crippen molar-refractivity contribution in [3.63, 3.8) is 0 Å². The Hall–Kier alpha value is -0.570. The zero-order valence-electron chi connectivity index (χ0n) is 6.48. The Morgan fingerprint density at radius 1 is 1.80 bits per heavy atom. The van der Waals surface area contributed by atoms with Crippen molar-refractivity contribution in [3.05, 3.63) is 0 Å². The summed E-state index contributed by atoms with van der Waals surface area (Å²) >= 11 is 0. The second kappa shape index (κ2) is 3.01. The molecule has 1 heterocycles. The predicted molar refractivity (Wildman–Crippen MR) is 39.6 cm³/mol. The van der Waals surface area contributed by atoms with Gasteiger partial charge in [0.15, 0.2) is 0 Å². The standard InChI is InChI=1S/C7H14N2O/c1-5(8-2)6-3-7(10)9-4-6/h5-6,8H,3-4H2,1-2H3,(H,9,10)/t5-,6+/m0/s1. The van der Waals surface area contributed by atoms with Gasteiger partial charge in [-0.05, 0) is 14.0 Å². The number of hydrogen-bond donors (Lipinski definition) is 2. The summed E-state index contributed by atoms with van der Waals surface area (Å²) in [4.78, 5) is 10.7. The molecule has 0 bridgehead atoms. The van der Waals surface area contributed by atoms with E-state index in [1.165, 1.54) is 0 Å². The molecule has 1 rings (SSSR count). The van der Waals surface area contributed by atoms with E-state index in [0.717, 1.165) is 6.54 Å². The van der Waals surface area contributed by atoms with Gasteiger partial charge in [0.1, 0.15) is 0 Å². The van der Waals surface area contributed by atoms with Gasteiger partial charge in [0, 0.05) is 24.9 Å². The molecule has 0 unspecified atom stereocenters. The van der Waals surface area contributed by atoms with Gasteiger partial charge in [0.25, 0.3) is 0 Å². The van der Waals surface area contributed by atoms with Crippen LogP contribution in [-0.4, -0.2) is 25.5 Å². The van der Waals surface area contributed by atoms with Gasteiger partial charge in [0.2, 0.25) is 5.91 Å². The van der Waals surface area contributed by atoms with Crippen LogP contribution in [0.2, 0.25) is 0 Å². The topological polar surface area (TPSA) is 41.1 Å². The monoisotopic (exact) mass is 142 g/mol. The fourth-order valence-corrected chi connectivity index (χ4v) is 1.22. The Bertz CT molecular complexity index is 136. The molecule has 0 aromatic carbocycles. The molecule has 0 aromatic heterocycles. The minimum atomic E-state index is 0.187. The molecule has 2 atom stereocenters. The Labute approximate surface area is 61.2 Å². The van der Waals surface area contributed by atoms with E-state index >= 15 is 0 Å². The lowest BCUT2D eigenvalue weighted by atomic mass is 10.0. The number of carbonyl (C=O) groups excluding carboxylic acids is 1.